The van der Waals surface area contributed by atoms with E-state index in [9.17, 15) is 9.18 Å². The molecule has 1 aromatic heterocycles. The van der Waals surface area contributed by atoms with Gasteiger partial charge >= 0.3 is 0 Å². The second kappa shape index (κ2) is 7.06. The summed E-state index contributed by atoms with van der Waals surface area (Å²) in [5.41, 5.74) is 0.300. The molecular formula is C13H20FN3O. The van der Waals surface area contributed by atoms with Crippen LogP contribution in [0.2, 0.25) is 0 Å². The molecule has 0 saturated heterocycles. The first-order valence-corrected chi connectivity index (χ1v) is 6.21. The molecule has 0 radical (unpaired) electrons. The van der Waals surface area contributed by atoms with Gasteiger partial charge in [0.15, 0.2) is 0 Å². The molecule has 0 bridgehead atoms. The van der Waals surface area contributed by atoms with Crippen LogP contribution in [0.3, 0.4) is 0 Å². The van der Waals surface area contributed by atoms with Crippen LogP contribution in [0.25, 0.3) is 0 Å². The van der Waals surface area contributed by atoms with Gasteiger partial charge in [-0.3, -0.25) is 4.79 Å². The number of amides is 1. The van der Waals surface area contributed by atoms with E-state index in [1.54, 1.807) is 0 Å². The van der Waals surface area contributed by atoms with E-state index in [0.717, 1.165) is 25.7 Å². The Bertz CT molecular complexity index is 394. The molecule has 4 nitrogen and oxygen atoms in total. The smallest absolute Gasteiger partial charge is 0.251 e. The Labute approximate surface area is 107 Å². The van der Waals surface area contributed by atoms with Crippen molar-refractivity contribution in [1.29, 1.82) is 0 Å². The third kappa shape index (κ3) is 4.41. The van der Waals surface area contributed by atoms with Gasteiger partial charge in [-0.15, -0.1) is 0 Å². The number of rotatable bonds is 6. The zero-order chi connectivity index (χ0) is 13.5. The van der Waals surface area contributed by atoms with Crippen molar-refractivity contribution < 1.29 is 9.18 Å². The SMILES string of the molecule is CCN(CC)CC(C)NC(=O)c1ccnc(F)c1. The van der Waals surface area contributed by atoms with E-state index in [1.807, 2.05) is 6.92 Å². The lowest BCUT2D eigenvalue weighted by atomic mass is 10.2. The summed E-state index contributed by atoms with van der Waals surface area (Å²) in [6.45, 7) is 8.77. The molecule has 0 aliphatic heterocycles. The standard InChI is InChI=1S/C13H20FN3O/c1-4-17(5-2)9-10(3)16-13(18)11-6-7-15-12(14)8-11/h6-8,10H,4-5,9H2,1-3H3,(H,16,18). The summed E-state index contributed by atoms with van der Waals surface area (Å²) < 4.78 is 12.9. The van der Waals surface area contributed by atoms with Crippen molar-refractivity contribution in [3.05, 3.63) is 29.8 Å². The summed E-state index contributed by atoms with van der Waals surface area (Å²) in [5.74, 6) is -0.907. The summed E-state index contributed by atoms with van der Waals surface area (Å²) in [5, 5.41) is 2.85. The van der Waals surface area contributed by atoms with Crippen molar-refractivity contribution in [3.63, 3.8) is 0 Å². The predicted molar refractivity (Wildman–Crippen MR) is 68.9 cm³/mol. The largest absolute Gasteiger partial charge is 0.348 e. The minimum Gasteiger partial charge on any atom is -0.348 e. The van der Waals surface area contributed by atoms with Crippen LogP contribution in [0.5, 0.6) is 0 Å². The summed E-state index contributed by atoms with van der Waals surface area (Å²) in [6.07, 6.45) is 1.29. The third-order valence-corrected chi connectivity index (χ3v) is 2.79. The molecule has 100 valence electrons. The van der Waals surface area contributed by atoms with E-state index < -0.39 is 5.95 Å². The normalized spacial score (nSPS) is 12.5. The number of pyridine rings is 1. The van der Waals surface area contributed by atoms with Gasteiger partial charge in [-0.1, -0.05) is 13.8 Å². The van der Waals surface area contributed by atoms with E-state index in [4.69, 9.17) is 0 Å². The first-order chi connectivity index (χ1) is 8.56. The summed E-state index contributed by atoms with van der Waals surface area (Å²) >= 11 is 0. The van der Waals surface area contributed by atoms with Gasteiger partial charge in [0.05, 0.1) is 0 Å². The highest BCUT2D eigenvalue weighted by Crippen LogP contribution is 2.01. The van der Waals surface area contributed by atoms with Gasteiger partial charge < -0.3 is 10.2 Å². The molecule has 0 aliphatic carbocycles. The van der Waals surface area contributed by atoms with Crippen molar-refractivity contribution >= 4 is 5.91 Å². The maximum Gasteiger partial charge on any atom is 0.251 e. The average Bonchev–Trinajstić information content (AvgIpc) is 2.35. The molecule has 1 rings (SSSR count). The number of hydrogen-bond donors (Lipinski definition) is 1. The fourth-order valence-electron chi connectivity index (χ4n) is 1.77. The Hall–Kier alpha value is -1.49. The third-order valence-electron chi connectivity index (χ3n) is 2.79. The number of hydrogen-bond acceptors (Lipinski definition) is 3. The second-order valence-corrected chi connectivity index (χ2v) is 4.23. The van der Waals surface area contributed by atoms with Gasteiger partial charge in [0, 0.05) is 30.4 Å². The molecule has 0 spiro atoms. The van der Waals surface area contributed by atoms with Gasteiger partial charge in [-0.05, 0) is 26.1 Å². The molecular weight excluding hydrogens is 233 g/mol. The summed E-state index contributed by atoms with van der Waals surface area (Å²) in [7, 11) is 0. The zero-order valence-corrected chi connectivity index (χ0v) is 11.1. The van der Waals surface area contributed by atoms with Gasteiger partial charge in [0.25, 0.3) is 5.91 Å². The first-order valence-electron chi connectivity index (χ1n) is 6.21. The molecule has 1 N–H and O–H groups in total. The molecule has 1 unspecified atom stereocenters. The maximum atomic E-state index is 12.9. The number of carbonyl (C=O) groups is 1. The van der Waals surface area contributed by atoms with Crippen LogP contribution in [0.15, 0.2) is 18.3 Å². The number of likely N-dealkylation sites (N-methyl/N-ethyl adjacent to an activating group) is 1. The molecule has 0 saturated carbocycles. The molecule has 1 aromatic rings. The Morgan fingerprint density at radius 3 is 2.72 bits per heavy atom. The van der Waals surface area contributed by atoms with Crippen LogP contribution in [0, 0.1) is 5.95 Å². The van der Waals surface area contributed by atoms with E-state index >= 15 is 0 Å². The molecule has 18 heavy (non-hydrogen) atoms. The van der Waals surface area contributed by atoms with E-state index in [-0.39, 0.29) is 11.9 Å². The van der Waals surface area contributed by atoms with E-state index in [0.29, 0.717) is 5.56 Å². The van der Waals surface area contributed by atoms with Crippen LogP contribution >= 0.6 is 0 Å². The molecule has 1 heterocycles. The number of aromatic nitrogens is 1. The van der Waals surface area contributed by atoms with Crippen molar-refractivity contribution in [2.45, 2.75) is 26.8 Å². The fraction of sp³-hybridized carbons (Fsp3) is 0.538. The Kier molecular flexibility index (Phi) is 5.71. The van der Waals surface area contributed by atoms with Gasteiger partial charge in [0.1, 0.15) is 0 Å². The van der Waals surface area contributed by atoms with Gasteiger partial charge in [0.2, 0.25) is 5.95 Å². The van der Waals surface area contributed by atoms with Gasteiger partial charge in [-0.2, -0.15) is 4.39 Å². The quantitative estimate of drug-likeness (QED) is 0.785. The molecule has 0 fully saturated rings. The number of carbonyl (C=O) groups excluding carboxylic acids is 1. The van der Waals surface area contributed by atoms with Crippen molar-refractivity contribution in [1.82, 2.24) is 15.2 Å². The highest BCUT2D eigenvalue weighted by molar-refractivity contribution is 5.94. The predicted octanol–water partition coefficient (Wildman–Crippen LogP) is 1.68. The molecule has 0 aromatic carbocycles. The topological polar surface area (TPSA) is 45.2 Å². The summed E-state index contributed by atoms with van der Waals surface area (Å²) in [6, 6.07) is 2.66. The second-order valence-electron chi connectivity index (χ2n) is 4.23. The number of halogens is 1. The maximum absolute atomic E-state index is 12.9. The molecule has 1 amide bonds. The summed E-state index contributed by atoms with van der Waals surface area (Å²) in [4.78, 5) is 17.5. The van der Waals surface area contributed by atoms with Crippen molar-refractivity contribution in [2.75, 3.05) is 19.6 Å². The van der Waals surface area contributed by atoms with Crippen LogP contribution in [0.4, 0.5) is 4.39 Å². The zero-order valence-electron chi connectivity index (χ0n) is 11.1. The van der Waals surface area contributed by atoms with Crippen molar-refractivity contribution in [3.8, 4) is 0 Å². The first kappa shape index (κ1) is 14.6. The van der Waals surface area contributed by atoms with Crippen LogP contribution in [0.1, 0.15) is 31.1 Å². The van der Waals surface area contributed by atoms with Crippen molar-refractivity contribution in [2.24, 2.45) is 0 Å². The van der Waals surface area contributed by atoms with Crippen LogP contribution < -0.4 is 5.32 Å². The average molecular weight is 253 g/mol. The minimum atomic E-state index is -0.640. The number of nitrogens with zero attached hydrogens (tertiary/aromatic N) is 2. The Morgan fingerprint density at radius 1 is 1.50 bits per heavy atom. The Morgan fingerprint density at radius 2 is 2.17 bits per heavy atom. The highest BCUT2D eigenvalue weighted by Gasteiger charge is 2.12. The lowest BCUT2D eigenvalue weighted by molar-refractivity contribution is 0.0929. The van der Waals surface area contributed by atoms with Crippen LogP contribution in [-0.2, 0) is 0 Å². The fourth-order valence-corrected chi connectivity index (χ4v) is 1.77. The molecule has 0 aliphatic rings. The van der Waals surface area contributed by atoms with Gasteiger partial charge in [-0.25, -0.2) is 4.98 Å². The minimum absolute atomic E-state index is 0.0219. The highest BCUT2D eigenvalue weighted by atomic mass is 19.1. The van der Waals surface area contributed by atoms with Crippen LogP contribution in [-0.4, -0.2) is 41.5 Å². The lowest BCUT2D eigenvalue weighted by Crippen LogP contribution is -2.41. The monoisotopic (exact) mass is 253 g/mol. The Balaban J connectivity index is 2.54. The van der Waals surface area contributed by atoms with E-state index in [2.05, 4.69) is 29.0 Å². The molecule has 5 heteroatoms. The lowest BCUT2D eigenvalue weighted by Gasteiger charge is -2.23. The van der Waals surface area contributed by atoms with E-state index in [1.165, 1.54) is 12.3 Å². The number of nitrogens with one attached hydrogen (secondary N) is 1. The molecule has 1 atom stereocenters.